The van der Waals surface area contributed by atoms with Gasteiger partial charge in [0, 0.05) is 45.7 Å². The van der Waals surface area contributed by atoms with Crippen molar-refractivity contribution in [1.82, 2.24) is 14.7 Å². The lowest BCUT2D eigenvalue weighted by atomic mass is 9.96. The predicted octanol–water partition coefficient (Wildman–Crippen LogP) is 1.56. The Morgan fingerprint density at radius 3 is 2.41 bits per heavy atom. The van der Waals surface area contributed by atoms with E-state index in [2.05, 4.69) is 0 Å². The van der Waals surface area contributed by atoms with Crippen molar-refractivity contribution in [2.75, 3.05) is 46.4 Å². The number of piperazine rings is 1. The highest BCUT2D eigenvalue weighted by molar-refractivity contribution is 5.82. The van der Waals surface area contributed by atoms with Gasteiger partial charge in [-0.05, 0) is 30.5 Å². The van der Waals surface area contributed by atoms with Crippen LogP contribution in [0.5, 0.6) is 5.75 Å². The average Bonchev–Trinajstić information content (AvgIpc) is 2.78. The Hall–Kier alpha value is -2.57. The van der Waals surface area contributed by atoms with Crippen LogP contribution in [0.15, 0.2) is 24.3 Å². The summed E-state index contributed by atoms with van der Waals surface area (Å²) in [5, 5.41) is 0. The number of carbonyl (C=O) groups excluding carboxylic acids is 3. The van der Waals surface area contributed by atoms with Crippen molar-refractivity contribution in [3.05, 3.63) is 29.8 Å². The van der Waals surface area contributed by atoms with Crippen molar-refractivity contribution in [3.8, 4) is 5.75 Å². The van der Waals surface area contributed by atoms with E-state index in [1.54, 1.807) is 7.11 Å². The van der Waals surface area contributed by atoms with Gasteiger partial charge in [0.15, 0.2) is 0 Å². The first-order valence-corrected chi connectivity index (χ1v) is 10.5. The topological polar surface area (TPSA) is 70.2 Å². The first-order chi connectivity index (χ1) is 14.0. The largest absolute Gasteiger partial charge is 0.497 e. The maximum Gasteiger partial charge on any atom is 0.227 e. The van der Waals surface area contributed by atoms with Gasteiger partial charge in [0.2, 0.25) is 17.7 Å². The van der Waals surface area contributed by atoms with E-state index in [4.69, 9.17) is 4.74 Å². The molecule has 0 aliphatic carbocycles. The number of rotatable bonds is 5. The highest BCUT2D eigenvalue weighted by Crippen LogP contribution is 2.21. The van der Waals surface area contributed by atoms with Gasteiger partial charge in [-0.1, -0.05) is 19.1 Å². The maximum absolute atomic E-state index is 12.9. The van der Waals surface area contributed by atoms with Crippen LogP contribution < -0.4 is 4.74 Å². The summed E-state index contributed by atoms with van der Waals surface area (Å²) in [7, 11) is 1.61. The number of ether oxygens (including phenoxy) is 1. The number of hydrogen-bond donors (Lipinski definition) is 0. The standard InChI is InChI=1S/C22H31N3O4/c1-3-20(26)25-9-5-7-18(16-25)22(28)24-12-10-23(11-13-24)21(27)15-17-6-4-8-19(14-17)29-2/h4,6,8,14,18H,3,5,7,9-13,15-16H2,1-2H3. The molecule has 1 unspecified atom stereocenters. The molecule has 7 nitrogen and oxygen atoms in total. The second-order valence-corrected chi connectivity index (χ2v) is 7.77. The van der Waals surface area contributed by atoms with Crippen molar-refractivity contribution in [2.24, 2.45) is 5.92 Å². The molecule has 0 radical (unpaired) electrons. The molecule has 0 spiro atoms. The second-order valence-electron chi connectivity index (χ2n) is 7.77. The molecule has 0 N–H and O–H groups in total. The van der Waals surface area contributed by atoms with E-state index in [1.165, 1.54) is 0 Å². The number of benzene rings is 1. The first kappa shape index (κ1) is 21.1. The Bertz CT molecular complexity index is 743. The Kier molecular flexibility index (Phi) is 7.12. The highest BCUT2D eigenvalue weighted by Gasteiger charge is 2.32. The molecule has 2 aliphatic rings. The maximum atomic E-state index is 12.9. The number of carbonyl (C=O) groups is 3. The van der Waals surface area contributed by atoms with Gasteiger partial charge in [0.05, 0.1) is 19.4 Å². The van der Waals surface area contributed by atoms with Crippen LogP contribution in [0.25, 0.3) is 0 Å². The molecule has 0 bridgehead atoms. The summed E-state index contributed by atoms with van der Waals surface area (Å²) in [6.45, 7) is 5.36. The van der Waals surface area contributed by atoms with E-state index in [0.717, 1.165) is 30.7 Å². The third-order valence-electron chi connectivity index (χ3n) is 5.86. The van der Waals surface area contributed by atoms with Gasteiger partial charge in [-0.15, -0.1) is 0 Å². The van der Waals surface area contributed by atoms with Gasteiger partial charge in [-0.3, -0.25) is 14.4 Å². The van der Waals surface area contributed by atoms with Gasteiger partial charge in [0.1, 0.15) is 5.75 Å². The molecule has 0 saturated carbocycles. The van der Waals surface area contributed by atoms with Crippen LogP contribution in [0.2, 0.25) is 0 Å². The lowest BCUT2D eigenvalue weighted by Gasteiger charge is -2.39. The minimum absolute atomic E-state index is 0.0720. The minimum Gasteiger partial charge on any atom is -0.497 e. The van der Waals surface area contributed by atoms with E-state index in [0.29, 0.717) is 45.6 Å². The van der Waals surface area contributed by atoms with Gasteiger partial charge < -0.3 is 19.4 Å². The zero-order chi connectivity index (χ0) is 20.8. The summed E-state index contributed by atoms with van der Waals surface area (Å²) in [4.78, 5) is 43.0. The third kappa shape index (κ3) is 5.28. The Morgan fingerprint density at radius 1 is 1.00 bits per heavy atom. The Balaban J connectivity index is 1.49. The van der Waals surface area contributed by atoms with Crippen LogP contribution >= 0.6 is 0 Å². The summed E-state index contributed by atoms with van der Waals surface area (Å²) in [5.41, 5.74) is 0.927. The number of nitrogens with zero attached hydrogens (tertiary/aromatic N) is 3. The molecule has 3 amide bonds. The zero-order valence-electron chi connectivity index (χ0n) is 17.4. The molecule has 2 saturated heterocycles. The zero-order valence-corrected chi connectivity index (χ0v) is 17.4. The molecular formula is C22H31N3O4. The number of methoxy groups -OCH3 is 1. The molecule has 0 aromatic heterocycles. The fourth-order valence-electron chi connectivity index (χ4n) is 4.13. The molecule has 7 heteroatoms. The van der Waals surface area contributed by atoms with E-state index in [1.807, 2.05) is 45.9 Å². The molecular weight excluding hydrogens is 370 g/mol. The number of piperidine rings is 1. The number of amides is 3. The molecule has 3 rings (SSSR count). The summed E-state index contributed by atoms with van der Waals surface area (Å²) >= 11 is 0. The van der Waals surface area contributed by atoms with Crippen LogP contribution in [0.3, 0.4) is 0 Å². The Labute approximate surface area is 172 Å². The molecule has 29 heavy (non-hydrogen) atoms. The summed E-state index contributed by atoms with van der Waals surface area (Å²) in [6, 6.07) is 7.55. The summed E-state index contributed by atoms with van der Waals surface area (Å²) in [5.74, 6) is 0.948. The smallest absolute Gasteiger partial charge is 0.227 e. The average molecular weight is 402 g/mol. The fourth-order valence-corrected chi connectivity index (χ4v) is 4.13. The van der Waals surface area contributed by atoms with Crippen molar-refractivity contribution >= 4 is 17.7 Å². The van der Waals surface area contributed by atoms with Crippen molar-refractivity contribution in [3.63, 3.8) is 0 Å². The van der Waals surface area contributed by atoms with Crippen molar-refractivity contribution in [1.29, 1.82) is 0 Å². The molecule has 2 aliphatic heterocycles. The molecule has 1 atom stereocenters. The van der Waals surface area contributed by atoms with Crippen molar-refractivity contribution in [2.45, 2.75) is 32.6 Å². The van der Waals surface area contributed by atoms with Gasteiger partial charge in [0.25, 0.3) is 0 Å². The molecule has 1 aromatic rings. The van der Waals surface area contributed by atoms with Crippen LogP contribution in [0, 0.1) is 5.92 Å². The van der Waals surface area contributed by atoms with Crippen LogP contribution in [0.4, 0.5) is 0 Å². The van der Waals surface area contributed by atoms with E-state index >= 15 is 0 Å². The molecule has 2 heterocycles. The van der Waals surface area contributed by atoms with Crippen molar-refractivity contribution < 1.29 is 19.1 Å². The first-order valence-electron chi connectivity index (χ1n) is 10.5. The van der Waals surface area contributed by atoms with Crippen LogP contribution in [-0.2, 0) is 20.8 Å². The highest BCUT2D eigenvalue weighted by atomic mass is 16.5. The molecule has 1 aromatic carbocycles. The Morgan fingerprint density at radius 2 is 1.72 bits per heavy atom. The minimum atomic E-state index is -0.113. The monoisotopic (exact) mass is 401 g/mol. The summed E-state index contributed by atoms with van der Waals surface area (Å²) < 4.78 is 5.22. The number of likely N-dealkylation sites (tertiary alicyclic amines) is 1. The fraction of sp³-hybridized carbons (Fsp3) is 0.591. The van der Waals surface area contributed by atoms with Gasteiger partial charge in [-0.25, -0.2) is 0 Å². The number of hydrogen-bond acceptors (Lipinski definition) is 4. The SMILES string of the molecule is CCC(=O)N1CCCC(C(=O)N2CCN(C(=O)Cc3cccc(OC)c3)CC2)C1. The quantitative estimate of drug-likeness (QED) is 0.751. The van der Waals surface area contributed by atoms with Crippen LogP contribution in [0.1, 0.15) is 31.7 Å². The third-order valence-corrected chi connectivity index (χ3v) is 5.86. The summed E-state index contributed by atoms with van der Waals surface area (Å²) in [6.07, 6.45) is 2.53. The second kappa shape index (κ2) is 9.76. The predicted molar refractivity (Wildman–Crippen MR) is 109 cm³/mol. The van der Waals surface area contributed by atoms with Crippen LogP contribution in [-0.4, -0.2) is 78.8 Å². The van der Waals surface area contributed by atoms with Gasteiger partial charge in [-0.2, -0.15) is 0 Å². The molecule has 158 valence electrons. The normalized spacial score (nSPS) is 19.8. The lowest BCUT2D eigenvalue weighted by molar-refractivity contribution is -0.145. The van der Waals surface area contributed by atoms with E-state index in [-0.39, 0.29) is 23.6 Å². The van der Waals surface area contributed by atoms with E-state index < -0.39 is 0 Å². The van der Waals surface area contributed by atoms with E-state index in [9.17, 15) is 14.4 Å². The lowest BCUT2D eigenvalue weighted by Crippen LogP contribution is -2.54. The van der Waals surface area contributed by atoms with Gasteiger partial charge >= 0.3 is 0 Å². The molecule has 2 fully saturated rings.